The van der Waals surface area contributed by atoms with Crippen molar-refractivity contribution in [1.82, 2.24) is 9.97 Å². The number of hydrogen-bond acceptors (Lipinski definition) is 5. The highest BCUT2D eigenvalue weighted by atomic mass is 32.1. The number of thiazole rings is 1. The number of ether oxygens (including phenoxy) is 1. The zero-order chi connectivity index (χ0) is 21.0. The van der Waals surface area contributed by atoms with Crippen molar-refractivity contribution in [2.45, 2.75) is 31.0 Å². The number of hydrogen-bond donors (Lipinski definition) is 1. The predicted molar refractivity (Wildman–Crippen MR) is 93.6 cm³/mol. The van der Waals surface area contributed by atoms with Crippen LogP contribution >= 0.6 is 11.3 Å². The molecule has 4 rings (SSSR count). The molecule has 152 valence electrons. The van der Waals surface area contributed by atoms with Crippen LogP contribution in [0.15, 0.2) is 24.4 Å². The number of nitrogens with zero attached hydrogens (tertiary/aromatic N) is 2. The summed E-state index contributed by atoms with van der Waals surface area (Å²) < 4.78 is 72.8. The first-order valence-corrected chi connectivity index (χ1v) is 9.17. The summed E-state index contributed by atoms with van der Waals surface area (Å²) in [6.07, 6.45) is -3.14. The molecule has 0 atom stereocenters. The Morgan fingerprint density at radius 2 is 2.00 bits per heavy atom. The second-order valence-corrected chi connectivity index (χ2v) is 7.69. The van der Waals surface area contributed by atoms with Crippen LogP contribution in [-0.2, 0) is 12.0 Å². The monoisotopic (exact) mass is 429 g/mol. The van der Waals surface area contributed by atoms with Gasteiger partial charge in [-0.15, -0.1) is 0 Å². The molecule has 1 saturated carbocycles. The lowest BCUT2D eigenvalue weighted by Crippen LogP contribution is -2.28. The standard InChI is InChI=1S/C18H12F5N3O2S/c19-9-1-2-11(14(20)13(9)15(24)27)28-7-12-26-10-5-8(6-25-16(10)29-12)17(3-4-17)18(21,22)23/h1-2,5-6H,3-4,7H2,(H2,24,27). The van der Waals surface area contributed by atoms with Gasteiger partial charge in [0.1, 0.15) is 33.3 Å². The number of aromatic nitrogens is 2. The third kappa shape index (κ3) is 3.28. The van der Waals surface area contributed by atoms with E-state index in [2.05, 4.69) is 9.97 Å². The van der Waals surface area contributed by atoms with Crippen molar-refractivity contribution in [2.75, 3.05) is 0 Å². The normalized spacial score (nSPS) is 15.5. The lowest BCUT2D eigenvalue weighted by molar-refractivity contribution is -0.160. The Kier molecular flexibility index (Phi) is 4.45. The molecule has 3 aromatic rings. The van der Waals surface area contributed by atoms with E-state index in [1.54, 1.807) is 0 Å². The van der Waals surface area contributed by atoms with Gasteiger partial charge >= 0.3 is 6.18 Å². The predicted octanol–water partition coefficient (Wildman–Crippen LogP) is 4.24. The Bertz CT molecular complexity index is 1120. The molecule has 0 bridgehead atoms. The van der Waals surface area contributed by atoms with Crippen LogP contribution in [0.1, 0.15) is 33.8 Å². The molecule has 11 heteroatoms. The van der Waals surface area contributed by atoms with E-state index in [1.165, 1.54) is 12.3 Å². The molecular formula is C18H12F5N3O2S. The van der Waals surface area contributed by atoms with Crippen LogP contribution in [0.2, 0.25) is 0 Å². The number of primary amides is 1. The van der Waals surface area contributed by atoms with E-state index in [1.807, 2.05) is 0 Å². The molecule has 0 saturated heterocycles. The van der Waals surface area contributed by atoms with Crippen molar-refractivity contribution in [1.29, 1.82) is 0 Å². The summed E-state index contributed by atoms with van der Waals surface area (Å²) in [7, 11) is 0. The topological polar surface area (TPSA) is 78.1 Å². The molecule has 1 aliphatic carbocycles. The lowest BCUT2D eigenvalue weighted by atomic mass is 9.97. The maximum absolute atomic E-state index is 14.2. The van der Waals surface area contributed by atoms with E-state index in [0.29, 0.717) is 9.84 Å². The zero-order valence-corrected chi connectivity index (χ0v) is 15.3. The van der Waals surface area contributed by atoms with Gasteiger partial charge in [-0.1, -0.05) is 11.3 Å². The van der Waals surface area contributed by atoms with Gasteiger partial charge in [0.15, 0.2) is 11.6 Å². The number of alkyl halides is 3. The number of fused-ring (bicyclic) bond motifs is 1. The van der Waals surface area contributed by atoms with Gasteiger partial charge in [0.05, 0.1) is 5.41 Å². The fraction of sp³-hybridized carbons (Fsp3) is 0.278. The first-order chi connectivity index (χ1) is 13.6. The number of halogens is 5. The summed E-state index contributed by atoms with van der Waals surface area (Å²) in [5.41, 5.74) is 2.51. The van der Waals surface area contributed by atoms with Crippen molar-refractivity contribution in [3.05, 3.63) is 52.2 Å². The summed E-state index contributed by atoms with van der Waals surface area (Å²) in [4.78, 5) is 19.8. The van der Waals surface area contributed by atoms with E-state index in [4.69, 9.17) is 10.5 Å². The number of rotatable bonds is 5. The van der Waals surface area contributed by atoms with Crippen molar-refractivity contribution in [3.8, 4) is 5.75 Å². The molecule has 2 heterocycles. The van der Waals surface area contributed by atoms with E-state index >= 15 is 0 Å². The van der Waals surface area contributed by atoms with Crippen LogP contribution in [0.5, 0.6) is 5.75 Å². The fourth-order valence-corrected chi connectivity index (χ4v) is 3.86. The number of pyridine rings is 1. The van der Waals surface area contributed by atoms with E-state index < -0.39 is 40.4 Å². The first kappa shape index (κ1) is 19.5. The summed E-state index contributed by atoms with van der Waals surface area (Å²) in [5.74, 6) is -4.03. The van der Waals surface area contributed by atoms with Gasteiger partial charge in [-0.3, -0.25) is 4.79 Å². The molecule has 2 N–H and O–H groups in total. The Morgan fingerprint density at radius 3 is 2.62 bits per heavy atom. The van der Waals surface area contributed by atoms with E-state index in [-0.39, 0.29) is 30.5 Å². The molecule has 0 radical (unpaired) electrons. The minimum atomic E-state index is -4.36. The Labute approximate surface area is 164 Å². The molecule has 5 nitrogen and oxygen atoms in total. The molecular weight excluding hydrogens is 417 g/mol. The minimum absolute atomic E-state index is 0.00975. The Morgan fingerprint density at radius 1 is 1.28 bits per heavy atom. The average Bonchev–Trinajstić information content (AvgIpc) is 3.35. The number of nitrogens with two attached hydrogens (primary N) is 1. The molecule has 1 fully saturated rings. The molecule has 2 aromatic heterocycles. The van der Waals surface area contributed by atoms with Crippen LogP contribution in [0.4, 0.5) is 22.0 Å². The zero-order valence-electron chi connectivity index (χ0n) is 14.5. The highest BCUT2D eigenvalue weighted by molar-refractivity contribution is 7.18. The van der Waals surface area contributed by atoms with Crippen molar-refractivity contribution < 1.29 is 31.5 Å². The SMILES string of the molecule is NC(=O)c1c(F)ccc(OCc2nc3cc(C4(C(F)(F)F)CC4)cnc3s2)c1F. The summed E-state index contributed by atoms with van der Waals surface area (Å²) in [6, 6.07) is 3.20. The highest BCUT2D eigenvalue weighted by Crippen LogP contribution is 2.59. The van der Waals surface area contributed by atoms with Gasteiger partial charge in [-0.25, -0.2) is 18.7 Å². The van der Waals surface area contributed by atoms with Crippen LogP contribution in [0.25, 0.3) is 10.3 Å². The highest BCUT2D eigenvalue weighted by Gasteiger charge is 2.64. The lowest BCUT2D eigenvalue weighted by Gasteiger charge is -2.18. The van der Waals surface area contributed by atoms with E-state index in [9.17, 15) is 26.7 Å². The average molecular weight is 429 g/mol. The number of benzene rings is 1. The van der Waals surface area contributed by atoms with Crippen LogP contribution in [-0.4, -0.2) is 22.1 Å². The maximum Gasteiger partial charge on any atom is 0.398 e. The minimum Gasteiger partial charge on any atom is -0.483 e. The second-order valence-electron chi connectivity index (χ2n) is 6.62. The molecule has 1 amide bonds. The molecule has 0 aliphatic heterocycles. The summed E-state index contributed by atoms with van der Waals surface area (Å²) >= 11 is 1.07. The molecule has 0 unspecified atom stereocenters. The van der Waals surface area contributed by atoms with Crippen molar-refractivity contribution >= 4 is 27.6 Å². The van der Waals surface area contributed by atoms with Gasteiger partial charge in [-0.2, -0.15) is 13.2 Å². The molecule has 29 heavy (non-hydrogen) atoms. The third-order valence-corrected chi connectivity index (χ3v) is 5.74. The van der Waals surface area contributed by atoms with Crippen LogP contribution in [0.3, 0.4) is 0 Å². The van der Waals surface area contributed by atoms with Crippen LogP contribution < -0.4 is 10.5 Å². The second kappa shape index (κ2) is 6.61. The molecule has 1 aromatic carbocycles. The quantitative estimate of drug-likeness (QED) is 0.616. The van der Waals surface area contributed by atoms with Gasteiger partial charge < -0.3 is 10.5 Å². The third-order valence-electron chi connectivity index (χ3n) is 4.79. The number of carbonyl (C=O) groups excluding carboxylic acids is 1. The smallest absolute Gasteiger partial charge is 0.398 e. The maximum atomic E-state index is 14.2. The Balaban J connectivity index is 1.57. The van der Waals surface area contributed by atoms with Gasteiger partial charge in [0.25, 0.3) is 5.91 Å². The first-order valence-electron chi connectivity index (χ1n) is 8.36. The molecule has 0 spiro atoms. The molecule has 1 aliphatic rings. The van der Waals surface area contributed by atoms with Crippen LogP contribution in [0, 0.1) is 11.6 Å². The van der Waals surface area contributed by atoms with Crippen molar-refractivity contribution in [3.63, 3.8) is 0 Å². The van der Waals surface area contributed by atoms with Gasteiger partial charge in [0, 0.05) is 6.20 Å². The fourth-order valence-electron chi connectivity index (χ4n) is 3.06. The largest absolute Gasteiger partial charge is 0.483 e. The van der Waals surface area contributed by atoms with Gasteiger partial charge in [0.2, 0.25) is 0 Å². The summed E-state index contributed by atoms with van der Waals surface area (Å²) in [5, 5.41) is 0.325. The summed E-state index contributed by atoms with van der Waals surface area (Å²) in [6.45, 7) is -0.248. The van der Waals surface area contributed by atoms with Gasteiger partial charge in [-0.05, 0) is 36.6 Å². The number of amides is 1. The van der Waals surface area contributed by atoms with Crippen molar-refractivity contribution in [2.24, 2.45) is 5.73 Å². The van der Waals surface area contributed by atoms with E-state index in [0.717, 1.165) is 23.5 Å². The number of carbonyl (C=O) groups is 1. The Hall–Kier alpha value is -2.82.